The molecule has 9 heavy (non-hydrogen) atoms. The molecule has 50 valence electrons. The average molecular weight is 122 g/mol. The predicted octanol–water partition coefficient (Wildman–Crippen LogP) is 3.08. The molecule has 0 radical (unpaired) electrons. The van der Waals surface area contributed by atoms with Gasteiger partial charge in [-0.2, -0.15) is 0 Å². The van der Waals surface area contributed by atoms with Crippen LogP contribution < -0.4 is 0 Å². The minimum absolute atomic E-state index is 1.11. The molecule has 0 saturated heterocycles. The minimum atomic E-state index is 1.11. The summed E-state index contributed by atoms with van der Waals surface area (Å²) in [5, 5.41) is 0. The summed E-state index contributed by atoms with van der Waals surface area (Å²) in [5.74, 6) is 0. The summed E-state index contributed by atoms with van der Waals surface area (Å²) in [6, 6.07) is 0. The van der Waals surface area contributed by atoms with Crippen LogP contribution in [0.4, 0.5) is 0 Å². The Bertz CT molecular complexity index is 116. The van der Waals surface area contributed by atoms with Crippen LogP contribution in [-0.4, -0.2) is 0 Å². The fourth-order valence-electron chi connectivity index (χ4n) is 0.454. The van der Waals surface area contributed by atoms with E-state index in [-0.39, 0.29) is 0 Å². The van der Waals surface area contributed by atoms with Gasteiger partial charge in [0, 0.05) is 0 Å². The molecule has 0 heterocycles. The molecular formula is C9H14. The third kappa shape index (κ3) is 7.22. The summed E-state index contributed by atoms with van der Waals surface area (Å²) in [5.41, 5.74) is 0. The molecule has 0 aliphatic carbocycles. The van der Waals surface area contributed by atoms with E-state index in [1.54, 1.807) is 0 Å². The van der Waals surface area contributed by atoms with E-state index >= 15 is 0 Å². The average Bonchev–Trinajstić information content (AvgIpc) is 1.89. The Morgan fingerprint density at radius 2 is 1.67 bits per heavy atom. The molecule has 0 heteroatoms. The van der Waals surface area contributed by atoms with Gasteiger partial charge in [-0.3, -0.25) is 0 Å². The minimum Gasteiger partial charge on any atom is -0.0877 e. The van der Waals surface area contributed by atoms with Crippen molar-refractivity contribution in [3.8, 4) is 0 Å². The SMILES string of the molecule is C\C=C/C=C/C=C/CC. The van der Waals surface area contributed by atoms with Crippen LogP contribution in [0.25, 0.3) is 0 Å². The largest absolute Gasteiger partial charge is 0.0877 e. The van der Waals surface area contributed by atoms with Gasteiger partial charge in [0.25, 0.3) is 0 Å². The molecule has 0 atom stereocenters. The maximum atomic E-state index is 2.12. The van der Waals surface area contributed by atoms with E-state index in [4.69, 9.17) is 0 Å². The van der Waals surface area contributed by atoms with Crippen LogP contribution in [0.2, 0.25) is 0 Å². The van der Waals surface area contributed by atoms with Gasteiger partial charge in [0.15, 0.2) is 0 Å². The highest BCUT2D eigenvalue weighted by atomic mass is 13.7. The summed E-state index contributed by atoms with van der Waals surface area (Å²) >= 11 is 0. The van der Waals surface area contributed by atoms with Gasteiger partial charge >= 0.3 is 0 Å². The van der Waals surface area contributed by atoms with E-state index < -0.39 is 0 Å². The zero-order valence-corrected chi connectivity index (χ0v) is 6.17. The molecule has 0 aliphatic heterocycles. The molecule has 0 saturated carbocycles. The molecule has 0 N–H and O–H groups in total. The van der Waals surface area contributed by atoms with Crippen molar-refractivity contribution in [1.82, 2.24) is 0 Å². The highest BCUT2D eigenvalue weighted by Gasteiger charge is 1.60. The van der Waals surface area contributed by atoms with Crippen molar-refractivity contribution in [2.75, 3.05) is 0 Å². The van der Waals surface area contributed by atoms with Crippen molar-refractivity contribution in [3.05, 3.63) is 36.5 Å². The zero-order valence-electron chi connectivity index (χ0n) is 6.17. The van der Waals surface area contributed by atoms with Crippen molar-refractivity contribution >= 4 is 0 Å². The standard InChI is InChI=1S/C9H14/c1-3-5-7-9-8-6-4-2/h3,5-9H,4H2,1-2H3/b5-3-,8-6+,9-7+. The molecule has 0 fully saturated rings. The van der Waals surface area contributed by atoms with Crippen LogP contribution >= 0.6 is 0 Å². The molecule has 0 unspecified atom stereocenters. The van der Waals surface area contributed by atoms with Crippen LogP contribution in [0.3, 0.4) is 0 Å². The van der Waals surface area contributed by atoms with Gasteiger partial charge in [-0.15, -0.1) is 0 Å². The maximum absolute atomic E-state index is 2.12. The molecule has 0 aromatic carbocycles. The van der Waals surface area contributed by atoms with E-state index in [0.29, 0.717) is 0 Å². The van der Waals surface area contributed by atoms with Gasteiger partial charge in [-0.1, -0.05) is 43.4 Å². The van der Waals surface area contributed by atoms with Gasteiger partial charge in [0.1, 0.15) is 0 Å². The lowest BCUT2D eigenvalue weighted by atomic mass is 10.4. The first-order valence-corrected chi connectivity index (χ1v) is 3.36. The summed E-state index contributed by atoms with van der Waals surface area (Å²) in [4.78, 5) is 0. The lowest BCUT2D eigenvalue weighted by Crippen LogP contribution is -1.51. The summed E-state index contributed by atoms with van der Waals surface area (Å²) in [6.07, 6.45) is 13.4. The smallest absolute Gasteiger partial charge is 0.0376 e. The second-order valence-corrected chi connectivity index (χ2v) is 1.75. The number of rotatable bonds is 3. The Morgan fingerprint density at radius 3 is 2.22 bits per heavy atom. The quantitative estimate of drug-likeness (QED) is 0.504. The molecule has 0 rings (SSSR count). The molecule has 0 aromatic heterocycles. The molecule has 0 amide bonds. The van der Waals surface area contributed by atoms with Crippen LogP contribution in [0, 0.1) is 0 Å². The first kappa shape index (κ1) is 8.22. The highest BCUT2D eigenvalue weighted by molar-refractivity contribution is 5.10. The first-order chi connectivity index (χ1) is 4.41. The number of allylic oxidation sites excluding steroid dienone is 6. The molecule has 0 aromatic rings. The topological polar surface area (TPSA) is 0 Å². The van der Waals surface area contributed by atoms with Crippen LogP contribution in [0.5, 0.6) is 0 Å². The third-order valence-corrected chi connectivity index (χ3v) is 0.898. The number of hydrogen-bond donors (Lipinski definition) is 0. The van der Waals surface area contributed by atoms with Crippen molar-refractivity contribution in [1.29, 1.82) is 0 Å². The fourth-order valence-corrected chi connectivity index (χ4v) is 0.454. The van der Waals surface area contributed by atoms with E-state index in [9.17, 15) is 0 Å². The van der Waals surface area contributed by atoms with Crippen LogP contribution in [0.1, 0.15) is 20.3 Å². The van der Waals surface area contributed by atoms with Crippen molar-refractivity contribution in [2.24, 2.45) is 0 Å². The number of hydrogen-bond acceptors (Lipinski definition) is 0. The Balaban J connectivity index is 3.35. The van der Waals surface area contributed by atoms with Gasteiger partial charge in [0.05, 0.1) is 0 Å². The highest BCUT2D eigenvalue weighted by Crippen LogP contribution is 1.82. The lowest BCUT2D eigenvalue weighted by molar-refractivity contribution is 1.22. The van der Waals surface area contributed by atoms with Crippen LogP contribution in [-0.2, 0) is 0 Å². The van der Waals surface area contributed by atoms with Gasteiger partial charge in [-0.05, 0) is 13.3 Å². The van der Waals surface area contributed by atoms with Crippen molar-refractivity contribution < 1.29 is 0 Å². The second kappa shape index (κ2) is 7.22. The molecule has 0 bridgehead atoms. The van der Waals surface area contributed by atoms with Crippen LogP contribution in [0.15, 0.2) is 36.5 Å². The Kier molecular flexibility index (Phi) is 6.59. The maximum Gasteiger partial charge on any atom is -0.0376 e. The predicted molar refractivity (Wildman–Crippen MR) is 43.4 cm³/mol. The van der Waals surface area contributed by atoms with Crippen molar-refractivity contribution in [2.45, 2.75) is 20.3 Å². The fraction of sp³-hybridized carbons (Fsp3) is 0.333. The Hall–Kier alpha value is -0.780. The normalized spacial score (nSPS) is 12.7. The first-order valence-electron chi connectivity index (χ1n) is 3.36. The van der Waals surface area contributed by atoms with Crippen molar-refractivity contribution in [3.63, 3.8) is 0 Å². The molecule has 0 aliphatic rings. The van der Waals surface area contributed by atoms with Gasteiger partial charge in [0.2, 0.25) is 0 Å². The van der Waals surface area contributed by atoms with E-state index in [2.05, 4.69) is 19.1 Å². The summed E-state index contributed by atoms with van der Waals surface area (Å²) < 4.78 is 0. The Labute approximate surface area is 57.6 Å². The van der Waals surface area contributed by atoms with Gasteiger partial charge < -0.3 is 0 Å². The van der Waals surface area contributed by atoms with E-state index in [1.165, 1.54) is 0 Å². The molecular weight excluding hydrogens is 108 g/mol. The molecule has 0 spiro atoms. The summed E-state index contributed by atoms with van der Waals surface area (Å²) in [6.45, 7) is 4.13. The van der Waals surface area contributed by atoms with E-state index in [1.807, 2.05) is 31.2 Å². The Morgan fingerprint density at radius 1 is 1.00 bits per heavy atom. The van der Waals surface area contributed by atoms with E-state index in [0.717, 1.165) is 6.42 Å². The third-order valence-electron chi connectivity index (χ3n) is 0.898. The second-order valence-electron chi connectivity index (χ2n) is 1.75. The molecule has 0 nitrogen and oxygen atoms in total. The lowest BCUT2D eigenvalue weighted by Gasteiger charge is -1.72. The summed E-state index contributed by atoms with van der Waals surface area (Å²) in [7, 11) is 0. The monoisotopic (exact) mass is 122 g/mol. The zero-order chi connectivity index (χ0) is 6.95. The van der Waals surface area contributed by atoms with Gasteiger partial charge in [-0.25, -0.2) is 0 Å².